The molecule has 5 heteroatoms. The van der Waals surface area contributed by atoms with Crippen molar-refractivity contribution in [1.82, 2.24) is 9.36 Å². The van der Waals surface area contributed by atoms with E-state index in [1.165, 1.54) is 0 Å². The fourth-order valence-electron chi connectivity index (χ4n) is 3.29. The first-order valence-corrected chi connectivity index (χ1v) is 8.97. The molecule has 0 fully saturated rings. The van der Waals surface area contributed by atoms with Crippen LogP contribution in [0.3, 0.4) is 0 Å². The van der Waals surface area contributed by atoms with E-state index in [0.717, 1.165) is 22.5 Å². The van der Waals surface area contributed by atoms with Crippen LogP contribution in [0.25, 0.3) is 22.6 Å². The SMILES string of the molecule is Cc1ccc(-n2c(=O)c(NC=O)c(-c3ccccc3)n2-c2ccccc2)cc1. The number of nitrogens with one attached hydrogen (secondary N) is 1. The van der Waals surface area contributed by atoms with Gasteiger partial charge in [0, 0.05) is 5.56 Å². The largest absolute Gasteiger partial charge is 0.322 e. The Hall–Kier alpha value is -3.86. The van der Waals surface area contributed by atoms with Gasteiger partial charge in [-0.25, -0.2) is 9.36 Å². The molecule has 1 heterocycles. The lowest BCUT2D eigenvalue weighted by Gasteiger charge is -2.15. The van der Waals surface area contributed by atoms with E-state index < -0.39 is 0 Å². The number of benzene rings is 3. The molecule has 4 aromatic rings. The van der Waals surface area contributed by atoms with Crippen LogP contribution < -0.4 is 10.9 Å². The molecule has 0 atom stereocenters. The predicted molar refractivity (Wildman–Crippen MR) is 111 cm³/mol. The fraction of sp³-hybridized carbons (Fsp3) is 0.0435. The van der Waals surface area contributed by atoms with Gasteiger partial charge in [-0.2, -0.15) is 0 Å². The van der Waals surface area contributed by atoms with Crippen molar-refractivity contribution in [3.8, 4) is 22.6 Å². The van der Waals surface area contributed by atoms with Crippen LogP contribution in [0.2, 0.25) is 0 Å². The van der Waals surface area contributed by atoms with Crippen LogP contribution >= 0.6 is 0 Å². The summed E-state index contributed by atoms with van der Waals surface area (Å²) in [5, 5.41) is 2.62. The van der Waals surface area contributed by atoms with E-state index in [2.05, 4.69) is 5.32 Å². The maximum Gasteiger partial charge on any atom is 0.296 e. The minimum absolute atomic E-state index is 0.241. The summed E-state index contributed by atoms with van der Waals surface area (Å²) in [4.78, 5) is 24.6. The van der Waals surface area contributed by atoms with Gasteiger partial charge in [0.15, 0.2) is 0 Å². The van der Waals surface area contributed by atoms with Crippen LogP contribution in [0, 0.1) is 6.92 Å². The second kappa shape index (κ2) is 7.40. The average Bonchev–Trinajstić information content (AvgIpc) is 3.03. The molecule has 4 rings (SSSR count). The molecule has 5 nitrogen and oxygen atoms in total. The highest BCUT2D eigenvalue weighted by Crippen LogP contribution is 2.30. The normalized spacial score (nSPS) is 10.6. The lowest BCUT2D eigenvalue weighted by atomic mass is 10.1. The number of carbonyl (C=O) groups is 1. The molecule has 1 N–H and O–H groups in total. The molecule has 0 radical (unpaired) electrons. The van der Waals surface area contributed by atoms with Gasteiger partial charge in [-0.1, -0.05) is 66.2 Å². The summed E-state index contributed by atoms with van der Waals surface area (Å²) < 4.78 is 3.43. The van der Waals surface area contributed by atoms with Gasteiger partial charge < -0.3 is 5.32 Å². The second-order valence-corrected chi connectivity index (χ2v) is 6.45. The molecule has 1 amide bonds. The van der Waals surface area contributed by atoms with Gasteiger partial charge in [-0.15, -0.1) is 0 Å². The Balaban J connectivity index is 2.12. The van der Waals surface area contributed by atoms with E-state index in [0.29, 0.717) is 12.1 Å². The Morgan fingerprint density at radius 1 is 0.750 bits per heavy atom. The third-order valence-corrected chi connectivity index (χ3v) is 4.58. The summed E-state index contributed by atoms with van der Waals surface area (Å²) in [7, 11) is 0. The van der Waals surface area contributed by atoms with Crippen molar-refractivity contribution in [1.29, 1.82) is 0 Å². The Labute approximate surface area is 162 Å². The number of anilines is 1. The summed E-state index contributed by atoms with van der Waals surface area (Å²) in [5.41, 5.74) is 4.05. The number of para-hydroxylation sites is 1. The van der Waals surface area contributed by atoms with Gasteiger partial charge in [0.2, 0.25) is 6.41 Å². The third kappa shape index (κ3) is 3.03. The first-order chi connectivity index (χ1) is 13.7. The van der Waals surface area contributed by atoms with Crippen molar-refractivity contribution in [3.05, 3.63) is 101 Å². The first kappa shape index (κ1) is 17.5. The minimum atomic E-state index is -0.293. The zero-order chi connectivity index (χ0) is 19.5. The second-order valence-electron chi connectivity index (χ2n) is 6.45. The summed E-state index contributed by atoms with van der Waals surface area (Å²) in [5.74, 6) is 0. The Morgan fingerprint density at radius 3 is 1.93 bits per heavy atom. The van der Waals surface area contributed by atoms with E-state index in [-0.39, 0.29) is 11.2 Å². The lowest BCUT2D eigenvalue weighted by Crippen LogP contribution is -2.21. The molecule has 0 bridgehead atoms. The Bertz CT molecular complexity index is 1160. The molecule has 0 spiro atoms. The van der Waals surface area contributed by atoms with Crippen LogP contribution in [0.15, 0.2) is 89.7 Å². The third-order valence-electron chi connectivity index (χ3n) is 4.58. The van der Waals surface area contributed by atoms with Crippen molar-refractivity contribution >= 4 is 12.1 Å². The molecule has 0 unspecified atom stereocenters. The van der Waals surface area contributed by atoms with Crippen molar-refractivity contribution in [3.63, 3.8) is 0 Å². The molecule has 138 valence electrons. The molecule has 0 aliphatic carbocycles. The number of amides is 1. The summed E-state index contributed by atoms with van der Waals surface area (Å²) in [6.07, 6.45) is 0.540. The summed E-state index contributed by atoms with van der Waals surface area (Å²) in [6, 6.07) is 26.9. The van der Waals surface area contributed by atoms with Crippen molar-refractivity contribution in [2.45, 2.75) is 6.92 Å². The van der Waals surface area contributed by atoms with E-state index >= 15 is 0 Å². The molecular formula is C23H19N3O2. The van der Waals surface area contributed by atoms with E-state index in [1.807, 2.05) is 96.5 Å². The van der Waals surface area contributed by atoms with Gasteiger partial charge in [-0.05, 0) is 31.2 Å². The highest BCUT2D eigenvalue weighted by atomic mass is 16.1. The summed E-state index contributed by atoms with van der Waals surface area (Å²) in [6.45, 7) is 2.00. The number of rotatable bonds is 5. The Kier molecular flexibility index (Phi) is 4.64. The van der Waals surface area contributed by atoms with Crippen molar-refractivity contribution < 1.29 is 4.79 Å². The molecule has 0 aliphatic rings. The topological polar surface area (TPSA) is 56.0 Å². The van der Waals surface area contributed by atoms with Crippen LogP contribution in [0.5, 0.6) is 0 Å². The molecule has 0 aliphatic heterocycles. The smallest absolute Gasteiger partial charge is 0.296 e. The van der Waals surface area contributed by atoms with Crippen LogP contribution in [0.4, 0.5) is 5.69 Å². The molecule has 0 saturated heterocycles. The van der Waals surface area contributed by atoms with Gasteiger partial charge in [0.05, 0.1) is 11.4 Å². The number of aryl methyl sites for hydroxylation is 1. The molecule has 3 aromatic carbocycles. The highest BCUT2D eigenvalue weighted by molar-refractivity contribution is 5.84. The van der Waals surface area contributed by atoms with Gasteiger partial charge in [0.25, 0.3) is 5.56 Å². The van der Waals surface area contributed by atoms with Crippen LogP contribution in [0.1, 0.15) is 5.56 Å². The fourth-order valence-corrected chi connectivity index (χ4v) is 3.29. The zero-order valence-electron chi connectivity index (χ0n) is 15.4. The average molecular weight is 369 g/mol. The first-order valence-electron chi connectivity index (χ1n) is 8.97. The number of nitrogens with zero attached hydrogens (tertiary/aromatic N) is 2. The number of hydrogen-bond donors (Lipinski definition) is 1. The molecule has 1 aromatic heterocycles. The van der Waals surface area contributed by atoms with Crippen LogP contribution in [-0.4, -0.2) is 15.8 Å². The summed E-state index contributed by atoms with van der Waals surface area (Å²) >= 11 is 0. The monoisotopic (exact) mass is 369 g/mol. The zero-order valence-corrected chi connectivity index (χ0v) is 15.4. The molecule has 0 saturated carbocycles. The number of aromatic nitrogens is 2. The quantitative estimate of drug-likeness (QED) is 0.537. The van der Waals surface area contributed by atoms with Gasteiger partial charge in [-0.3, -0.25) is 9.59 Å². The van der Waals surface area contributed by atoms with E-state index in [9.17, 15) is 9.59 Å². The van der Waals surface area contributed by atoms with Gasteiger partial charge >= 0.3 is 0 Å². The maximum atomic E-state index is 13.4. The molecular weight excluding hydrogens is 350 g/mol. The van der Waals surface area contributed by atoms with E-state index in [1.54, 1.807) is 4.68 Å². The predicted octanol–water partition coefficient (Wildman–Crippen LogP) is 4.17. The minimum Gasteiger partial charge on any atom is -0.322 e. The number of hydrogen-bond acceptors (Lipinski definition) is 2. The highest BCUT2D eigenvalue weighted by Gasteiger charge is 2.23. The Morgan fingerprint density at radius 2 is 1.32 bits per heavy atom. The van der Waals surface area contributed by atoms with Crippen LogP contribution in [-0.2, 0) is 4.79 Å². The lowest BCUT2D eigenvalue weighted by molar-refractivity contribution is -0.105. The van der Waals surface area contributed by atoms with Gasteiger partial charge in [0.1, 0.15) is 11.4 Å². The molecule has 28 heavy (non-hydrogen) atoms. The van der Waals surface area contributed by atoms with Crippen molar-refractivity contribution in [2.75, 3.05) is 5.32 Å². The van der Waals surface area contributed by atoms with E-state index in [4.69, 9.17) is 0 Å². The maximum absolute atomic E-state index is 13.4. The standard InChI is InChI=1S/C23H19N3O2/c1-17-12-14-20(15-13-17)26-23(28)21(24-16-27)22(18-8-4-2-5-9-18)25(26)19-10-6-3-7-11-19/h2-16H,1H3,(H,24,27). The number of carbonyl (C=O) groups excluding carboxylic acids is 1. The van der Waals surface area contributed by atoms with Crippen molar-refractivity contribution in [2.24, 2.45) is 0 Å².